The van der Waals surface area contributed by atoms with Gasteiger partial charge < -0.3 is 31.1 Å². The number of aryl methyl sites for hydroxylation is 1. The predicted octanol–water partition coefficient (Wildman–Crippen LogP) is 4.11. The van der Waals surface area contributed by atoms with Crippen LogP contribution in [-0.4, -0.2) is 67.7 Å². The van der Waals surface area contributed by atoms with E-state index in [2.05, 4.69) is 45.1 Å². The maximum atomic E-state index is 13.1. The molecule has 2 heterocycles. The zero-order valence-electron chi connectivity index (χ0n) is 23.2. The highest BCUT2D eigenvalue weighted by Gasteiger charge is 2.18. The van der Waals surface area contributed by atoms with Gasteiger partial charge in [0, 0.05) is 62.9 Å². The number of amides is 1. The van der Waals surface area contributed by atoms with Crippen LogP contribution >= 0.6 is 0 Å². The Hall–Kier alpha value is -3.92. The number of hydrogen-bond acceptors (Lipinski definition) is 9. The molecule has 10 nitrogen and oxygen atoms in total. The normalized spacial score (nSPS) is 14.9. The standard InChI is InChI=1S/C28H39N9O/c1-18(2)17-37(6)28-34-26(31-22-12-13-29-16-22)33-27(35-28)32-24-14-20(11-10-19(24)3)25(38)30-21-8-7-9-23(15-21)36(4)5/h7-11,14-15,18,22,29H,12-13,16-17H2,1-6H3,(H,30,38)(H2,31,32,33,34,35)/t22-/m1/s1. The molecule has 0 bridgehead atoms. The van der Waals surface area contributed by atoms with Crippen LogP contribution in [0.15, 0.2) is 42.5 Å². The highest BCUT2D eigenvalue weighted by molar-refractivity contribution is 6.05. The molecule has 0 spiro atoms. The molecule has 1 amide bonds. The van der Waals surface area contributed by atoms with Crippen molar-refractivity contribution in [2.24, 2.45) is 5.92 Å². The minimum atomic E-state index is -0.187. The third-order valence-electron chi connectivity index (χ3n) is 6.36. The number of anilines is 6. The lowest BCUT2D eigenvalue weighted by molar-refractivity contribution is 0.102. The van der Waals surface area contributed by atoms with Crippen molar-refractivity contribution < 1.29 is 4.79 Å². The Labute approximate surface area is 225 Å². The molecule has 4 N–H and O–H groups in total. The number of hydrogen-bond donors (Lipinski definition) is 4. The molecule has 2 aromatic carbocycles. The molecule has 1 saturated heterocycles. The third-order valence-corrected chi connectivity index (χ3v) is 6.36. The number of benzene rings is 2. The summed E-state index contributed by atoms with van der Waals surface area (Å²) in [5.41, 5.74) is 4.03. The lowest BCUT2D eigenvalue weighted by Crippen LogP contribution is -2.27. The fourth-order valence-corrected chi connectivity index (χ4v) is 4.33. The van der Waals surface area contributed by atoms with E-state index in [1.165, 1.54) is 0 Å². The van der Waals surface area contributed by atoms with Crippen molar-refractivity contribution in [1.29, 1.82) is 0 Å². The Kier molecular flexibility index (Phi) is 8.62. The Morgan fingerprint density at radius 3 is 2.58 bits per heavy atom. The lowest BCUT2D eigenvalue weighted by atomic mass is 10.1. The Bertz CT molecular complexity index is 1250. The molecule has 202 valence electrons. The van der Waals surface area contributed by atoms with E-state index in [-0.39, 0.29) is 11.9 Å². The zero-order chi connectivity index (χ0) is 27.2. The van der Waals surface area contributed by atoms with E-state index in [0.29, 0.717) is 29.3 Å². The van der Waals surface area contributed by atoms with E-state index < -0.39 is 0 Å². The fraction of sp³-hybridized carbons (Fsp3) is 0.429. The summed E-state index contributed by atoms with van der Waals surface area (Å²) in [6.45, 7) is 8.98. The molecular weight excluding hydrogens is 478 g/mol. The summed E-state index contributed by atoms with van der Waals surface area (Å²) < 4.78 is 0. The second-order valence-electron chi connectivity index (χ2n) is 10.4. The van der Waals surface area contributed by atoms with Crippen molar-refractivity contribution in [2.45, 2.75) is 33.2 Å². The Morgan fingerprint density at radius 2 is 1.87 bits per heavy atom. The van der Waals surface area contributed by atoms with Crippen LogP contribution in [0.25, 0.3) is 0 Å². The van der Waals surface area contributed by atoms with Gasteiger partial charge in [0.15, 0.2) is 0 Å². The number of carbonyl (C=O) groups is 1. The molecule has 1 fully saturated rings. The van der Waals surface area contributed by atoms with Crippen LogP contribution in [0.2, 0.25) is 0 Å². The van der Waals surface area contributed by atoms with Gasteiger partial charge in [-0.05, 0) is 61.7 Å². The number of aromatic nitrogens is 3. The molecule has 1 atom stereocenters. The minimum absolute atomic E-state index is 0.187. The summed E-state index contributed by atoms with van der Waals surface area (Å²) in [5, 5.41) is 13.1. The maximum absolute atomic E-state index is 13.1. The molecule has 1 aliphatic rings. The first kappa shape index (κ1) is 27.1. The summed E-state index contributed by atoms with van der Waals surface area (Å²) in [5.74, 6) is 1.83. The summed E-state index contributed by atoms with van der Waals surface area (Å²) in [6.07, 6.45) is 1.01. The molecule has 1 aliphatic heterocycles. The smallest absolute Gasteiger partial charge is 0.255 e. The van der Waals surface area contributed by atoms with Crippen LogP contribution in [-0.2, 0) is 0 Å². The van der Waals surface area contributed by atoms with E-state index in [1.807, 2.05) is 80.3 Å². The van der Waals surface area contributed by atoms with Gasteiger partial charge in [-0.2, -0.15) is 15.0 Å². The van der Waals surface area contributed by atoms with Crippen LogP contribution in [0.4, 0.5) is 34.9 Å². The predicted molar refractivity (Wildman–Crippen MR) is 156 cm³/mol. The van der Waals surface area contributed by atoms with Crippen molar-refractivity contribution in [3.63, 3.8) is 0 Å². The first-order valence-corrected chi connectivity index (χ1v) is 13.1. The van der Waals surface area contributed by atoms with Crippen molar-refractivity contribution >= 4 is 40.8 Å². The average Bonchev–Trinajstić information content (AvgIpc) is 3.38. The quantitative estimate of drug-likeness (QED) is 0.316. The van der Waals surface area contributed by atoms with Crippen LogP contribution in [0.3, 0.4) is 0 Å². The third kappa shape index (κ3) is 7.10. The van der Waals surface area contributed by atoms with Gasteiger partial charge in [0.25, 0.3) is 5.91 Å². The molecule has 0 saturated carbocycles. The summed E-state index contributed by atoms with van der Waals surface area (Å²) in [7, 11) is 5.93. The van der Waals surface area contributed by atoms with Gasteiger partial charge >= 0.3 is 0 Å². The van der Waals surface area contributed by atoms with Crippen molar-refractivity contribution in [3.8, 4) is 0 Å². The van der Waals surface area contributed by atoms with Crippen LogP contribution < -0.4 is 31.1 Å². The van der Waals surface area contributed by atoms with E-state index in [4.69, 9.17) is 4.98 Å². The largest absolute Gasteiger partial charge is 0.378 e. The molecule has 0 unspecified atom stereocenters. The van der Waals surface area contributed by atoms with Gasteiger partial charge in [0.1, 0.15) is 0 Å². The number of nitrogens with one attached hydrogen (secondary N) is 4. The highest BCUT2D eigenvalue weighted by Crippen LogP contribution is 2.24. The van der Waals surface area contributed by atoms with E-state index in [1.54, 1.807) is 0 Å². The van der Waals surface area contributed by atoms with Crippen molar-refractivity contribution in [2.75, 3.05) is 66.5 Å². The van der Waals surface area contributed by atoms with Gasteiger partial charge in [-0.1, -0.05) is 26.0 Å². The lowest BCUT2D eigenvalue weighted by Gasteiger charge is -2.21. The summed E-state index contributed by atoms with van der Waals surface area (Å²) in [4.78, 5) is 31.2. The second-order valence-corrected chi connectivity index (χ2v) is 10.4. The van der Waals surface area contributed by atoms with Gasteiger partial charge in [0.2, 0.25) is 17.8 Å². The molecule has 0 aliphatic carbocycles. The summed E-state index contributed by atoms with van der Waals surface area (Å²) >= 11 is 0. The van der Waals surface area contributed by atoms with Gasteiger partial charge in [-0.3, -0.25) is 4.79 Å². The van der Waals surface area contributed by atoms with Gasteiger partial charge in [-0.15, -0.1) is 0 Å². The molecule has 0 radical (unpaired) electrons. The molecule has 1 aromatic heterocycles. The SMILES string of the molecule is Cc1ccc(C(=O)Nc2cccc(N(C)C)c2)cc1Nc1nc(N[C@@H]2CCNC2)nc(N(C)CC(C)C)n1. The first-order chi connectivity index (χ1) is 18.2. The monoisotopic (exact) mass is 517 g/mol. The Morgan fingerprint density at radius 1 is 1.08 bits per heavy atom. The summed E-state index contributed by atoms with van der Waals surface area (Å²) in [6, 6.07) is 13.6. The van der Waals surface area contributed by atoms with Gasteiger partial charge in [0.05, 0.1) is 0 Å². The van der Waals surface area contributed by atoms with Crippen LogP contribution in [0, 0.1) is 12.8 Å². The van der Waals surface area contributed by atoms with E-state index >= 15 is 0 Å². The molecular formula is C28H39N9O. The number of carbonyl (C=O) groups excluding carboxylic acids is 1. The topological polar surface area (TPSA) is 110 Å². The fourth-order valence-electron chi connectivity index (χ4n) is 4.33. The highest BCUT2D eigenvalue weighted by atomic mass is 16.1. The molecule has 3 aromatic rings. The van der Waals surface area contributed by atoms with E-state index in [9.17, 15) is 4.79 Å². The van der Waals surface area contributed by atoms with Crippen molar-refractivity contribution in [1.82, 2.24) is 20.3 Å². The Balaban J connectivity index is 1.57. The second kappa shape index (κ2) is 12.1. The molecule has 38 heavy (non-hydrogen) atoms. The number of rotatable bonds is 10. The van der Waals surface area contributed by atoms with Gasteiger partial charge in [-0.25, -0.2) is 0 Å². The van der Waals surface area contributed by atoms with Crippen molar-refractivity contribution in [3.05, 3.63) is 53.6 Å². The average molecular weight is 518 g/mol. The maximum Gasteiger partial charge on any atom is 0.255 e. The zero-order valence-corrected chi connectivity index (χ0v) is 23.2. The van der Waals surface area contributed by atoms with Crippen LogP contribution in [0.1, 0.15) is 36.2 Å². The number of nitrogens with zero attached hydrogens (tertiary/aromatic N) is 5. The minimum Gasteiger partial charge on any atom is -0.378 e. The first-order valence-electron chi connectivity index (χ1n) is 13.1. The van der Waals surface area contributed by atoms with Crippen LogP contribution in [0.5, 0.6) is 0 Å². The van der Waals surface area contributed by atoms with E-state index in [0.717, 1.165) is 48.7 Å². The molecule has 10 heteroatoms. The molecule has 4 rings (SSSR count).